The second-order valence-electron chi connectivity index (χ2n) is 7.52. The highest BCUT2D eigenvalue weighted by Gasteiger charge is 2.42. The SMILES string of the molecule is CC(C)NCC1CCN(C2CCOC3(CCSC3)C2)CC1. The van der Waals surface area contributed by atoms with Crippen LogP contribution in [-0.2, 0) is 4.74 Å². The summed E-state index contributed by atoms with van der Waals surface area (Å²) in [5.41, 5.74) is 0.240. The molecule has 2 unspecified atom stereocenters. The van der Waals surface area contributed by atoms with E-state index >= 15 is 0 Å². The summed E-state index contributed by atoms with van der Waals surface area (Å²) in [6.07, 6.45) is 6.57. The van der Waals surface area contributed by atoms with Gasteiger partial charge >= 0.3 is 0 Å². The van der Waals surface area contributed by atoms with Gasteiger partial charge in [0.25, 0.3) is 0 Å². The average molecular weight is 313 g/mol. The second-order valence-corrected chi connectivity index (χ2v) is 8.63. The number of ether oxygens (including phenoxy) is 1. The third-order valence-corrected chi connectivity index (χ3v) is 6.74. The molecule has 0 bridgehead atoms. The van der Waals surface area contributed by atoms with Crippen molar-refractivity contribution in [2.45, 2.75) is 63.6 Å². The molecule has 0 saturated carbocycles. The predicted octanol–water partition coefficient (Wildman–Crippen LogP) is 2.75. The van der Waals surface area contributed by atoms with E-state index in [1.165, 1.54) is 63.2 Å². The summed E-state index contributed by atoms with van der Waals surface area (Å²) < 4.78 is 6.18. The number of rotatable bonds is 4. The van der Waals surface area contributed by atoms with Gasteiger partial charge in [-0.25, -0.2) is 0 Å². The molecule has 3 aliphatic heterocycles. The molecule has 0 radical (unpaired) electrons. The third-order valence-electron chi connectivity index (χ3n) is 5.51. The van der Waals surface area contributed by atoms with Gasteiger partial charge in [0.05, 0.1) is 5.60 Å². The molecule has 3 fully saturated rings. The number of hydrogen-bond acceptors (Lipinski definition) is 4. The Balaban J connectivity index is 1.45. The quantitative estimate of drug-likeness (QED) is 0.863. The molecule has 1 spiro atoms. The van der Waals surface area contributed by atoms with E-state index in [1.54, 1.807) is 0 Å². The topological polar surface area (TPSA) is 24.5 Å². The zero-order chi connectivity index (χ0) is 14.7. The van der Waals surface area contributed by atoms with Crippen LogP contribution in [0.5, 0.6) is 0 Å². The molecule has 3 heterocycles. The number of likely N-dealkylation sites (tertiary alicyclic amines) is 1. The van der Waals surface area contributed by atoms with E-state index in [-0.39, 0.29) is 5.60 Å². The molecule has 2 atom stereocenters. The zero-order valence-corrected chi connectivity index (χ0v) is 14.6. The van der Waals surface area contributed by atoms with Gasteiger partial charge in [-0.3, -0.25) is 0 Å². The Hall–Kier alpha value is 0.230. The molecule has 0 amide bonds. The molecule has 3 nitrogen and oxygen atoms in total. The van der Waals surface area contributed by atoms with Crippen LogP contribution in [0.15, 0.2) is 0 Å². The van der Waals surface area contributed by atoms with Crippen LogP contribution < -0.4 is 5.32 Å². The Morgan fingerprint density at radius 3 is 2.76 bits per heavy atom. The van der Waals surface area contributed by atoms with E-state index in [0.717, 1.165) is 18.6 Å². The van der Waals surface area contributed by atoms with Gasteiger partial charge in [0.1, 0.15) is 0 Å². The molecule has 21 heavy (non-hydrogen) atoms. The Morgan fingerprint density at radius 1 is 1.29 bits per heavy atom. The van der Waals surface area contributed by atoms with Crippen LogP contribution in [0.25, 0.3) is 0 Å². The maximum Gasteiger partial charge on any atom is 0.0795 e. The average Bonchev–Trinajstić information content (AvgIpc) is 2.93. The molecule has 3 saturated heterocycles. The van der Waals surface area contributed by atoms with Gasteiger partial charge in [-0.1, -0.05) is 13.8 Å². The lowest BCUT2D eigenvalue weighted by atomic mass is 9.87. The molecule has 3 rings (SSSR count). The molecule has 4 heteroatoms. The summed E-state index contributed by atoms with van der Waals surface area (Å²) in [6, 6.07) is 1.41. The first-order chi connectivity index (χ1) is 10.2. The lowest BCUT2D eigenvalue weighted by Crippen LogP contribution is -2.51. The van der Waals surface area contributed by atoms with E-state index in [9.17, 15) is 0 Å². The van der Waals surface area contributed by atoms with Crippen molar-refractivity contribution in [3.8, 4) is 0 Å². The van der Waals surface area contributed by atoms with Crippen LogP contribution >= 0.6 is 11.8 Å². The van der Waals surface area contributed by atoms with Crippen LogP contribution in [0.4, 0.5) is 0 Å². The molecule has 0 aliphatic carbocycles. The van der Waals surface area contributed by atoms with Crippen molar-refractivity contribution < 1.29 is 4.74 Å². The van der Waals surface area contributed by atoms with Crippen molar-refractivity contribution in [3.05, 3.63) is 0 Å². The normalized spacial score (nSPS) is 35.9. The molecule has 0 aromatic heterocycles. The fourth-order valence-electron chi connectivity index (χ4n) is 4.10. The number of thioether (sulfide) groups is 1. The highest BCUT2D eigenvalue weighted by atomic mass is 32.2. The fraction of sp³-hybridized carbons (Fsp3) is 1.00. The minimum absolute atomic E-state index is 0.240. The predicted molar refractivity (Wildman–Crippen MR) is 91.1 cm³/mol. The molecule has 3 aliphatic rings. The molecule has 0 aromatic carbocycles. The van der Waals surface area contributed by atoms with Gasteiger partial charge < -0.3 is 15.0 Å². The first-order valence-corrected chi connectivity index (χ1v) is 10.0. The minimum atomic E-state index is 0.240. The lowest BCUT2D eigenvalue weighted by molar-refractivity contribution is -0.0928. The minimum Gasteiger partial charge on any atom is -0.374 e. The molecular weight excluding hydrogens is 280 g/mol. The van der Waals surface area contributed by atoms with Crippen molar-refractivity contribution in [1.82, 2.24) is 10.2 Å². The Labute approximate surface area is 134 Å². The van der Waals surface area contributed by atoms with Crippen molar-refractivity contribution in [1.29, 1.82) is 0 Å². The summed E-state index contributed by atoms with van der Waals surface area (Å²) in [7, 11) is 0. The first-order valence-electron chi connectivity index (χ1n) is 8.86. The van der Waals surface area contributed by atoms with E-state index in [1.807, 2.05) is 0 Å². The summed E-state index contributed by atoms with van der Waals surface area (Å²) in [4.78, 5) is 2.78. The van der Waals surface area contributed by atoms with Crippen LogP contribution in [0.1, 0.15) is 46.0 Å². The van der Waals surface area contributed by atoms with Gasteiger partial charge in [-0.15, -0.1) is 0 Å². The summed E-state index contributed by atoms with van der Waals surface area (Å²) >= 11 is 2.09. The largest absolute Gasteiger partial charge is 0.374 e. The Bertz CT molecular complexity index is 323. The fourth-order valence-corrected chi connectivity index (χ4v) is 5.48. The first kappa shape index (κ1) is 16.1. The van der Waals surface area contributed by atoms with Gasteiger partial charge in [-0.05, 0) is 63.4 Å². The Morgan fingerprint density at radius 2 is 2.10 bits per heavy atom. The molecule has 1 N–H and O–H groups in total. The van der Waals surface area contributed by atoms with Crippen LogP contribution in [0.3, 0.4) is 0 Å². The van der Waals surface area contributed by atoms with Gasteiger partial charge in [0.15, 0.2) is 0 Å². The zero-order valence-electron chi connectivity index (χ0n) is 13.8. The van der Waals surface area contributed by atoms with Gasteiger partial charge in [-0.2, -0.15) is 11.8 Å². The van der Waals surface area contributed by atoms with Crippen molar-refractivity contribution in [3.63, 3.8) is 0 Å². The van der Waals surface area contributed by atoms with E-state index < -0.39 is 0 Å². The van der Waals surface area contributed by atoms with Crippen molar-refractivity contribution in [2.75, 3.05) is 37.7 Å². The number of piperidine rings is 1. The molecule has 122 valence electrons. The van der Waals surface area contributed by atoms with Crippen LogP contribution in [-0.4, -0.2) is 60.3 Å². The highest BCUT2D eigenvalue weighted by molar-refractivity contribution is 7.99. The maximum atomic E-state index is 6.18. The number of hydrogen-bond donors (Lipinski definition) is 1. The highest BCUT2D eigenvalue weighted by Crippen LogP contribution is 2.40. The van der Waals surface area contributed by atoms with Crippen molar-refractivity contribution >= 4 is 11.8 Å². The summed E-state index contributed by atoms with van der Waals surface area (Å²) in [5, 5.41) is 3.61. The second kappa shape index (κ2) is 7.20. The van der Waals surface area contributed by atoms with Crippen LogP contribution in [0.2, 0.25) is 0 Å². The van der Waals surface area contributed by atoms with Gasteiger partial charge in [0, 0.05) is 24.4 Å². The molecule has 0 aromatic rings. The number of nitrogens with zero attached hydrogens (tertiary/aromatic N) is 1. The third kappa shape index (κ3) is 4.15. The maximum absolute atomic E-state index is 6.18. The van der Waals surface area contributed by atoms with Crippen molar-refractivity contribution in [2.24, 2.45) is 5.92 Å². The summed E-state index contributed by atoms with van der Waals surface area (Å²) in [6.45, 7) is 9.29. The van der Waals surface area contributed by atoms with Gasteiger partial charge in [0.2, 0.25) is 0 Å². The number of nitrogens with one attached hydrogen (secondary N) is 1. The standard InChI is InChI=1S/C17H32N2OS/c1-14(2)18-12-15-3-7-19(8-4-15)16-5-9-20-17(11-16)6-10-21-13-17/h14-16,18H,3-13H2,1-2H3. The van der Waals surface area contributed by atoms with Crippen LogP contribution in [0, 0.1) is 5.92 Å². The summed E-state index contributed by atoms with van der Waals surface area (Å²) in [5.74, 6) is 3.42. The lowest BCUT2D eigenvalue weighted by Gasteiger charge is -2.45. The molecular formula is C17H32N2OS. The smallest absolute Gasteiger partial charge is 0.0795 e. The van der Waals surface area contributed by atoms with E-state index in [0.29, 0.717) is 6.04 Å². The van der Waals surface area contributed by atoms with E-state index in [2.05, 4.69) is 35.8 Å². The Kier molecular flexibility index (Phi) is 5.52. The monoisotopic (exact) mass is 312 g/mol. The van der Waals surface area contributed by atoms with E-state index in [4.69, 9.17) is 4.74 Å².